The number of ether oxygens (including phenoxy) is 1. The Kier molecular flexibility index (Phi) is 5.52. The summed E-state index contributed by atoms with van der Waals surface area (Å²) < 4.78 is 45.2. The first-order valence-corrected chi connectivity index (χ1v) is 8.94. The van der Waals surface area contributed by atoms with Gasteiger partial charge in [-0.05, 0) is 36.6 Å². The second-order valence-corrected chi connectivity index (χ2v) is 7.15. The van der Waals surface area contributed by atoms with E-state index in [1.54, 1.807) is 24.4 Å². The van der Waals surface area contributed by atoms with Gasteiger partial charge in [0.1, 0.15) is 6.10 Å². The highest BCUT2D eigenvalue weighted by Gasteiger charge is 2.19. The van der Waals surface area contributed by atoms with Crippen LogP contribution >= 0.6 is 11.3 Å². The fraction of sp³-hybridized carbons (Fsp3) is 0.286. The van der Waals surface area contributed by atoms with Crippen molar-refractivity contribution < 1.29 is 22.7 Å². The number of sulfonamides is 1. The molecule has 0 radical (unpaired) electrons. The van der Waals surface area contributed by atoms with Gasteiger partial charge in [-0.25, -0.2) is 17.5 Å². The van der Waals surface area contributed by atoms with E-state index < -0.39 is 21.9 Å². The Morgan fingerprint density at radius 2 is 2.18 bits per heavy atom. The third kappa shape index (κ3) is 4.04. The second-order valence-electron chi connectivity index (χ2n) is 4.41. The highest BCUT2D eigenvalue weighted by atomic mass is 32.2. The number of aliphatic hydroxyl groups excluding tert-OH is 1. The van der Waals surface area contributed by atoms with Crippen LogP contribution in [0.15, 0.2) is 40.6 Å². The summed E-state index contributed by atoms with van der Waals surface area (Å²) in [4.78, 5) is 0.437. The first-order valence-electron chi connectivity index (χ1n) is 6.57. The zero-order chi connectivity index (χ0) is 16.2. The predicted molar refractivity (Wildman–Crippen MR) is 82.0 cm³/mol. The summed E-state index contributed by atoms with van der Waals surface area (Å²) in [7, 11) is -3.90. The van der Waals surface area contributed by atoms with Crippen molar-refractivity contribution in [2.24, 2.45) is 0 Å². The molecule has 2 aromatic rings. The van der Waals surface area contributed by atoms with Gasteiger partial charge in [-0.15, -0.1) is 11.3 Å². The minimum Gasteiger partial charge on any atom is -0.491 e. The molecule has 0 unspecified atom stereocenters. The first-order chi connectivity index (χ1) is 10.4. The average molecular weight is 345 g/mol. The molecule has 0 aliphatic rings. The van der Waals surface area contributed by atoms with Crippen LogP contribution in [0.1, 0.15) is 17.9 Å². The van der Waals surface area contributed by atoms with Crippen molar-refractivity contribution >= 4 is 21.4 Å². The lowest BCUT2D eigenvalue weighted by atomic mass is 10.3. The van der Waals surface area contributed by atoms with Crippen LogP contribution in [0.2, 0.25) is 0 Å². The topological polar surface area (TPSA) is 75.6 Å². The summed E-state index contributed by atoms with van der Waals surface area (Å²) in [5, 5.41) is 11.7. The Balaban J connectivity index is 2.08. The molecule has 0 bridgehead atoms. The van der Waals surface area contributed by atoms with Crippen molar-refractivity contribution in [2.75, 3.05) is 13.2 Å². The quantitative estimate of drug-likeness (QED) is 0.807. The number of rotatable bonds is 7. The molecule has 0 saturated heterocycles. The average Bonchev–Trinajstić information content (AvgIpc) is 3.01. The molecule has 0 saturated carbocycles. The highest BCUT2D eigenvalue weighted by Crippen LogP contribution is 2.22. The largest absolute Gasteiger partial charge is 0.491 e. The number of nitrogens with one attached hydrogen (secondary N) is 1. The zero-order valence-corrected chi connectivity index (χ0v) is 13.5. The van der Waals surface area contributed by atoms with Crippen molar-refractivity contribution in [3.8, 4) is 5.75 Å². The van der Waals surface area contributed by atoms with Gasteiger partial charge in [0.25, 0.3) is 0 Å². The van der Waals surface area contributed by atoms with E-state index in [1.807, 2.05) is 0 Å². The Bertz CT molecular complexity index is 716. The lowest BCUT2D eigenvalue weighted by Gasteiger charge is -2.12. The standard InChI is InChI=1S/C14H16FNO4S2/c1-2-20-13-6-5-10(8-11(13)15)22(18,19)16-9-12(17)14-4-3-7-21-14/h3-8,12,16-17H,2,9H2,1H3/t12-/m0/s1. The Labute approximate surface area is 132 Å². The zero-order valence-electron chi connectivity index (χ0n) is 11.8. The molecular weight excluding hydrogens is 329 g/mol. The van der Waals surface area contributed by atoms with Crippen LogP contribution in [0.5, 0.6) is 5.75 Å². The van der Waals surface area contributed by atoms with Crippen molar-refractivity contribution in [2.45, 2.75) is 17.9 Å². The number of benzene rings is 1. The predicted octanol–water partition coefficient (Wildman–Crippen LogP) is 2.30. The molecule has 0 fully saturated rings. The highest BCUT2D eigenvalue weighted by molar-refractivity contribution is 7.89. The van der Waals surface area contributed by atoms with Gasteiger partial charge in [0.15, 0.2) is 11.6 Å². The normalized spacial score (nSPS) is 13.0. The number of hydrogen-bond acceptors (Lipinski definition) is 5. The van der Waals surface area contributed by atoms with Crippen molar-refractivity contribution in [1.82, 2.24) is 4.72 Å². The Hall–Kier alpha value is -1.48. The van der Waals surface area contributed by atoms with E-state index in [4.69, 9.17) is 4.74 Å². The smallest absolute Gasteiger partial charge is 0.240 e. The van der Waals surface area contributed by atoms with Crippen molar-refractivity contribution in [1.29, 1.82) is 0 Å². The van der Waals surface area contributed by atoms with Gasteiger partial charge in [-0.2, -0.15) is 0 Å². The van der Waals surface area contributed by atoms with Crippen LogP contribution in [0.4, 0.5) is 4.39 Å². The lowest BCUT2D eigenvalue weighted by Crippen LogP contribution is -2.28. The molecule has 0 aliphatic heterocycles. The third-order valence-corrected chi connectivity index (χ3v) is 5.25. The molecule has 8 heteroatoms. The van der Waals surface area contributed by atoms with Gasteiger partial charge < -0.3 is 9.84 Å². The maximum atomic E-state index is 13.7. The van der Waals surface area contributed by atoms with E-state index >= 15 is 0 Å². The molecule has 0 aliphatic carbocycles. The molecule has 1 aromatic carbocycles. The maximum Gasteiger partial charge on any atom is 0.240 e. The minimum atomic E-state index is -3.90. The molecule has 1 aromatic heterocycles. The summed E-state index contributed by atoms with van der Waals surface area (Å²) in [6.07, 6.45) is -0.942. The SMILES string of the molecule is CCOc1ccc(S(=O)(=O)NC[C@H](O)c2cccs2)cc1F. The molecule has 5 nitrogen and oxygen atoms in total. The van der Waals surface area contributed by atoms with E-state index in [0.29, 0.717) is 4.88 Å². The third-order valence-electron chi connectivity index (χ3n) is 2.85. The van der Waals surface area contributed by atoms with Crippen molar-refractivity contribution in [3.05, 3.63) is 46.4 Å². The number of thiophene rings is 1. The van der Waals surface area contributed by atoms with Crippen LogP contribution in [-0.4, -0.2) is 26.7 Å². The fourth-order valence-corrected chi connectivity index (χ4v) is 3.54. The maximum absolute atomic E-state index is 13.7. The van der Waals surface area contributed by atoms with Gasteiger partial charge in [0.05, 0.1) is 11.5 Å². The van der Waals surface area contributed by atoms with Crippen LogP contribution in [0.3, 0.4) is 0 Å². The van der Waals surface area contributed by atoms with Gasteiger partial charge >= 0.3 is 0 Å². The molecule has 120 valence electrons. The molecule has 0 amide bonds. The number of aliphatic hydroxyl groups is 1. The van der Waals surface area contributed by atoms with Crippen LogP contribution in [-0.2, 0) is 10.0 Å². The van der Waals surface area contributed by atoms with Gasteiger partial charge in [0.2, 0.25) is 10.0 Å². The summed E-state index contributed by atoms with van der Waals surface area (Å²) in [5.41, 5.74) is 0. The number of hydrogen-bond donors (Lipinski definition) is 2. The molecule has 0 spiro atoms. The Morgan fingerprint density at radius 1 is 1.41 bits per heavy atom. The van der Waals surface area contributed by atoms with E-state index in [-0.39, 0.29) is 23.8 Å². The first kappa shape index (κ1) is 16.9. The van der Waals surface area contributed by atoms with Gasteiger partial charge in [-0.1, -0.05) is 6.07 Å². The molecular formula is C14H16FNO4S2. The lowest BCUT2D eigenvalue weighted by molar-refractivity contribution is 0.186. The van der Waals surface area contributed by atoms with Crippen LogP contribution < -0.4 is 9.46 Å². The van der Waals surface area contributed by atoms with E-state index in [2.05, 4.69) is 4.72 Å². The fourth-order valence-electron chi connectivity index (χ4n) is 1.77. The minimum absolute atomic E-state index is 0.0000651. The monoisotopic (exact) mass is 345 g/mol. The summed E-state index contributed by atoms with van der Waals surface area (Å²) in [6, 6.07) is 6.89. The van der Waals surface area contributed by atoms with Gasteiger partial charge in [-0.3, -0.25) is 0 Å². The van der Waals surface area contributed by atoms with Crippen LogP contribution in [0, 0.1) is 5.82 Å². The molecule has 2 N–H and O–H groups in total. The summed E-state index contributed by atoms with van der Waals surface area (Å²) in [5.74, 6) is -0.747. The van der Waals surface area contributed by atoms with Crippen LogP contribution in [0.25, 0.3) is 0 Å². The van der Waals surface area contributed by atoms with Crippen molar-refractivity contribution in [3.63, 3.8) is 0 Å². The molecule has 22 heavy (non-hydrogen) atoms. The van der Waals surface area contributed by atoms with E-state index in [1.165, 1.54) is 23.5 Å². The molecule has 1 atom stereocenters. The van der Waals surface area contributed by atoms with E-state index in [9.17, 15) is 17.9 Å². The number of halogens is 1. The Morgan fingerprint density at radius 3 is 2.77 bits per heavy atom. The second kappa shape index (κ2) is 7.19. The molecule has 2 rings (SSSR count). The van der Waals surface area contributed by atoms with E-state index in [0.717, 1.165) is 6.07 Å². The summed E-state index contributed by atoms with van der Waals surface area (Å²) in [6.45, 7) is 1.81. The summed E-state index contributed by atoms with van der Waals surface area (Å²) >= 11 is 1.33. The van der Waals surface area contributed by atoms with Gasteiger partial charge in [0, 0.05) is 11.4 Å². The molecule has 1 heterocycles.